The van der Waals surface area contributed by atoms with Crippen LogP contribution in [0.25, 0.3) is 0 Å². The molecule has 1 aliphatic rings. The van der Waals surface area contributed by atoms with E-state index >= 15 is 0 Å². The van der Waals surface area contributed by atoms with Gasteiger partial charge in [-0.05, 0) is 31.7 Å². The summed E-state index contributed by atoms with van der Waals surface area (Å²) in [5.74, 6) is 0.630. The van der Waals surface area contributed by atoms with E-state index in [1.165, 1.54) is 0 Å². The molecule has 4 nitrogen and oxygen atoms in total. The van der Waals surface area contributed by atoms with Crippen LogP contribution in [0.1, 0.15) is 37.9 Å². The number of halogens is 1. The second kappa shape index (κ2) is 6.55. The SMILES string of the molecule is CCCNC(CC1CCOC1)c1c(Cl)cnn1C. The number of hydrogen-bond acceptors (Lipinski definition) is 3. The fraction of sp³-hybridized carbons (Fsp3) is 0.769. The highest BCUT2D eigenvalue weighted by atomic mass is 35.5. The van der Waals surface area contributed by atoms with E-state index in [2.05, 4.69) is 17.3 Å². The molecule has 5 heteroatoms. The molecule has 2 heterocycles. The van der Waals surface area contributed by atoms with Crippen molar-refractivity contribution in [2.75, 3.05) is 19.8 Å². The molecule has 0 spiro atoms. The number of nitrogens with zero attached hydrogens (tertiary/aromatic N) is 2. The first kappa shape index (κ1) is 13.8. The predicted octanol–water partition coefficient (Wildman–Crippen LogP) is 2.54. The molecule has 2 atom stereocenters. The van der Waals surface area contributed by atoms with Gasteiger partial charge in [-0.15, -0.1) is 0 Å². The molecule has 0 aromatic carbocycles. The Kier molecular flexibility index (Phi) is 5.03. The maximum atomic E-state index is 6.25. The molecule has 18 heavy (non-hydrogen) atoms. The van der Waals surface area contributed by atoms with Crippen LogP contribution in [0.4, 0.5) is 0 Å². The van der Waals surface area contributed by atoms with Crippen LogP contribution in [0.2, 0.25) is 5.02 Å². The van der Waals surface area contributed by atoms with Gasteiger partial charge in [-0.3, -0.25) is 4.68 Å². The monoisotopic (exact) mass is 271 g/mol. The van der Waals surface area contributed by atoms with Gasteiger partial charge in [-0.1, -0.05) is 18.5 Å². The van der Waals surface area contributed by atoms with Crippen molar-refractivity contribution < 1.29 is 4.74 Å². The van der Waals surface area contributed by atoms with Crippen molar-refractivity contribution in [1.82, 2.24) is 15.1 Å². The van der Waals surface area contributed by atoms with Crippen molar-refractivity contribution in [3.63, 3.8) is 0 Å². The normalized spacial score (nSPS) is 21.4. The lowest BCUT2D eigenvalue weighted by Crippen LogP contribution is -2.27. The highest BCUT2D eigenvalue weighted by Crippen LogP contribution is 2.30. The molecule has 0 saturated carbocycles. The van der Waals surface area contributed by atoms with Gasteiger partial charge in [0, 0.05) is 20.3 Å². The van der Waals surface area contributed by atoms with Gasteiger partial charge >= 0.3 is 0 Å². The average Bonchev–Trinajstić information content (AvgIpc) is 2.96. The maximum absolute atomic E-state index is 6.25. The average molecular weight is 272 g/mol. The first-order chi connectivity index (χ1) is 8.72. The third-order valence-corrected chi connectivity index (χ3v) is 3.79. The fourth-order valence-corrected chi connectivity index (χ4v) is 2.82. The minimum absolute atomic E-state index is 0.275. The summed E-state index contributed by atoms with van der Waals surface area (Å²) in [4.78, 5) is 0. The van der Waals surface area contributed by atoms with E-state index < -0.39 is 0 Å². The zero-order valence-corrected chi connectivity index (χ0v) is 11.9. The summed E-state index contributed by atoms with van der Waals surface area (Å²) in [6.45, 7) is 4.94. The molecule has 2 unspecified atom stereocenters. The molecule has 1 aromatic heterocycles. The number of nitrogens with one attached hydrogen (secondary N) is 1. The number of ether oxygens (including phenoxy) is 1. The summed E-state index contributed by atoms with van der Waals surface area (Å²) in [7, 11) is 1.95. The van der Waals surface area contributed by atoms with Gasteiger partial charge in [0.15, 0.2) is 0 Å². The Morgan fingerprint density at radius 1 is 1.67 bits per heavy atom. The molecule has 0 amide bonds. The molecule has 0 radical (unpaired) electrons. The molecular weight excluding hydrogens is 250 g/mol. The van der Waals surface area contributed by atoms with Gasteiger partial charge in [0.2, 0.25) is 0 Å². The van der Waals surface area contributed by atoms with Crippen molar-refractivity contribution in [2.45, 2.75) is 32.2 Å². The summed E-state index contributed by atoms with van der Waals surface area (Å²) >= 11 is 6.25. The number of aromatic nitrogens is 2. The smallest absolute Gasteiger partial charge is 0.0834 e. The Morgan fingerprint density at radius 2 is 2.50 bits per heavy atom. The summed E-state index contributed by atoms with van der Waals surface area (Å²) in [5.41, 5.74) is 1.09. The molecule has 1 saturated heterocycles. The summed E-state index contributed by atoms with van der Waals surface area (Å²) in [5, 5.41) is 8.57. The van der Waals surface area contributed by atoms with Crippen LogP contribution >= 0.6 is 11.6 Å². The van der Waals surface area contributed by atoms with Crippen molar-refractivity contribution in [1.29, 1.82) is 0 Å². The number of rotatable bonds is 6. The molecule has 0 bridgehead atoms. The minimum atomic E-state index is 0.275. The zero-order valence-electron chi connectivity index (χ0n) is 11.2. The van der Waals surface area contributed by atoms with Crippen LogP contribution < -0.4 is 5.32 Å². The van der Waals surface area contributed by atoms with Crippen molar-refractivity contribution in [2.24, 2.45) is 13.0 Å². The highest BCUT2D eigenvalue weighted by molar-refractivity contribution is 6.31. The van der Waals surface area contributed by atoms with Crippen molar-refractivity contribution in [3.05, 3.63) is 16.9 Å². The number of aryl methyl sites for hydroxylation is 1. The van der Waals surface area contributed by atoms with Gasteiger partial charge in [0.25, 0.3) is 0 Å². The van der Waals surface area contributed by atoms with E-state index in [1.54, 1.807) is 6.20 Å². The second-order valence-electron chi connectivity index (χ2n) is 4.97. The topological polar surface area (TPSA) is 39.1 Å². The number of hydrogen-bond donors (Lipinski definition) is 1. The largest absolute Gasteiger partial charge is 0.381 e. The predicted molar refractivity (Wildman–Crippen MR) is 72.8 cm³/mol. The maximum Gasteiger partial charge on any atom is 0.0834 e. The van der Waals surface area contributed by atoms with Gasteiger partial charge in [-0.2, -0.15) is 5.10 Å². The second-order valence-corrected chi connectivity index (χ2v) is 5.38. The van der Waals surface area contributed by atoms with E-state index in [1.807, 2.05) is 11.7 Å². The van der Waals surface area contributed by atoms with Gasteiger partial charge in [0.1, 0.15) is 0 Å². The lowest BCUT2D eigenvalue weighted by Gasteiger charge is -2.22. The summed E-state index contributed by atoms with van der Waals surface area (Å²) in [6.07, 6.45) is 5.06. The Bertz CT molecular complexity index is 355. The van der Waals surface area contributed by atoms with Crippen molar-refractivity contribution >= 4 is 11.6 Å². The van der Waals surface area contributed by atoms with E-state index in [0.717, 1.165) is 49.7 Å². The molecular formula is C13H22ClN3O. The Morgan fingerprint density at radius 3 is 3.06 bits per heavy atom. The quantitative estimate of drug-likeness (QED) is 0.864. The highest BCUT2D eigenvalue weighted by Gasteiger charge is 2.25. The van der Waals surface area contributed by atoms with Crippen LogP contribution in [0.5, 0.6) is 0 Å². The summed E-state index contributed by atoms with van der Waals surface area (Å²) < 4.78 is 7.34. The van der Waals surface area contributed by atoms with Crippen LogP contribution in [0.3, 0.4) is 0 Å². The van der Waals surface area contributed by atoms with Crippen LogP contribution in [-0.2, 0) is 11.8 Å². The first-order valence-electron chi connectivity index (χ1n) is 6.71. The molecule has 1 N–H and O–H groups in total. The van der Waals surface area contributed by atoms with E-state index in [9.17, 15) is 0 Å². The Labute approximate surface area is 114 Å². The van der Waals surface area contributed by atoms with Crippen LogP contribution in [0, 0.1) is 5.92 Å². The van der Waals surface area contributed by atoms with Crippen LogP contribution in [-0.4, -0.2) is 29.5 Å². The Balaban J connectivity index is 2.08. The van der Waals surface area contributed by atoms with Gasteiger partial charge < -0.3 is 10.1 Å². The minimum Gasteiger partial charge on any atom is -0.381 e. The van der Waals surface area contributed by atoms with E-state index in [4.69, 9.17) is 16.3 Å². The van der Waals surface area contributed by atoms with Gasteiger partial charge in [-0.25, -0.2) is 0 Å². The fourth-order valence-electron chi connectivity index (χ4n) is 2.52. The summed E-state index contributed by atoms with van der Waals surface area (Å²) in [6, 6.07) is 0.275. The Hall–Kier alpha value is -0.580. The zero-order chi connectivity index (χ0) is 13.0. The van der Waals surface area contributed by atoms with Gasteiger partial charge in [0.05, 0.1) is 23.0 Å². The standard InChI is InChI=1S/C13H22ClN3O/c1-3-5-15-12(7-10-4-6-18-9-10)13-11(14)8-16-17(13)2/h8,10,12,15H,3-7,9H2,1-2H3. The molecule has 2 rings (SSSR count). The van der Waals surface area contributed by atoms with Crippen LogP contribution in [0.15, 0.2) is 6.20 Å². The molecule has 1 fully saturated rings. The lowest BCUT2D eigenvalue weighted by atomic mass is 9.97. The third-order valence-electron chi connectivity index (χ3n) is 3.50. The molecule has 102 valence electrons. The van der Waals surface area contributed by atoms with E-state index in [-0.39, 0.29) is 6.04 Å². The lowest BCUT2D eigenvalue weighted by molar-refractivity contribution is 0.181. The molecule has 0 aliphatic carbocycles. The first-order valence-corrected chi connectivity index (χ1v) is 7.08. The van der Waals surface area contributed by atoms with E-state index in [0.29, 0.717) is 5.92 Å². The van der Waals surface area contributed by atoms with Crippen molar-refractivity contribution in [3.8, 4) is 0 Å². The molecule has 1 aliphatic heterocycles. The molecule has 1 aromatic rings. The third kappa shape index (κ3) is 3.25.